The Morgan fingerprint density at radius 2 is 2.03 bits per heavy atom. The van der Waals surface area contributed by atoms with Gasteiger partial charge >= 0.3 is 6.01 Å². The van der Waals surface area contributed by atoms with Gasteiger partial charge in [0.05, 0.1) is 24.9 Å². The fourth-order valence-corrected chi connectivity index (χ4v) is 6.95. The minimum absolute atomic E-state index is 0.158. The number of hydrogen-bond acceptors (Lipinski definition) is 8. The van der Waals surface area contributed by atoms with Crippen molar-refractivity contribution in [2.24, 2.45) is 5.92 Å². The summed E-state index contributed by atoms with van der Waals surface area (Å²) in [4.78, 5) is 14.0. The summed E-state index contributed by atoms with van der Waals surface area (Å²) in [5.74, 6) is 2.27. The molecule has 3 fully saturated rings. The first-order valence-corrected chi connectivity index (χ1v) is 13.9. The third-order valence-electron chi connectivity index (χ3n) is 8.68. The first-order valence-electron chi connectivity index (χ1n) is 13.6. The first-order chi connectivity index (χ1) is 18.4. The fourth-order valence-electron chi connectivity index (χ4n) is 6.60. The summed E-state index contributed by atoms with van der Waals surface area (Å²) in [7, 11) is 3.23. The maximum atomic E-state index is 14.2. The first kappa shape index (κ1) is 25.9. The number of fused-ring (bicyclic) bond motifs is 2. The minimum atomic E-state index is -0.801. The number of ether oxygens (including phenoxy) is 4. The van der Waals surface area contributed by atoms with Gasteiger partial charge in [-0.1, -0.05) is 18.5 Å². The lowest BCUT2D eigenvalue weighted by Crippen LogP contribution is -2.43. The van der Waals surface area contributed by atoms with Crippen LogP contribution in [-0.2, 0) is 17.7 Å². The zero-order valence-corrected chi connectivity index (χ0v) is 23.1. The molecule has 8 nitrogen and oxygen atoms in total. The molecule has 4 atom stereocenters. The predicted molar refractivity (Wildman–Crippen MR) is 142 cm³/mol. The topological polar surface area (TPSA) is 69.2 Å². The molecule has 38 heavy (non-hydrogen) atoms. The van der Waals surface area contributed by atoms with Crippen molar-refractivity contribution in [3.63, 3.8) is 0 Å². The van der Waals surface area contributed by atoms with Crippen LogP contribution in [0, 0.1) is 5.92 Å². The number of halogens is 2. The normalized spacial score (nSPS) is 28.2. The van der Waals surface area contributed by atoms with Gasteiger partial charge in [0.15, 0.2) is 6.79 Å². The molecule has 206 valence electrons. The highest BCUT2D eigenvalue weighted by atomic mass is 35.5. The van der Waals surface area contributed by atoms with Gasteiger partial charge in [0.1, 0.15) is 18.5 Å². The van der Waals surface area contributed by atoms with E-state index in [1.165, 1.54) is 5.56 Å². The van der Waals surface area contributed by atoms with Crippen LogP contribution in [0.4, 0.5) is 10.1 Å². The molecule has 0 unspecified atom stereocenters. The van der Waals surface area contributed by atoms with Crippen LogP contribution in [0.1, 0.15) is 55.3 Å². The molecule has 0 spiro atoms. The van der Waals surface area contributed by atoms with E-state index in [0.717, 1.165) is 60.7 Å². The average Bonchev–Trinajstić information content (AvgIpc) is 3.36. The fraction of sp³-hybridized carbons (Fsp3) is 0.643. The Hall–Kier alpha value is -2.36. The molecule has 4 heterocycles. The van der Waals surface area contributed by atoms with Gasteiger partial charge < -0.3 is 23.8 Å². The summed E-state index contributed by atoms with van der Waals surface area (Å²) in [5.41, 5.74) is 3.87. The third kappa shape index (κ3) is 4.77. The number of nitrogens with zero attached hydrogens (tertiary/aromatic N) is 4. The molecule has 2 aromatic rings. The molecule has 0 N–H and O–H groups in total. The molecule has 6 rings (SSSR count). The maximum Gasteiger partial charge on any atom is 0.320 e. The van der Waals surface area contributed by atoms with E-state index in [0.29, 0.717) is 49.6 Å². The van der Waals surface area contributed by atoms with Crippen molar-refractivity contribution >= 4 is 17.3 Å². The maximum absolute atomic E-state index is 14.2. The molecular weight excluding hydrogens is 511 g/mol. The lowest BCUT2D eigenvalue weighted by molar-refractivity contribution is 0.0511. The molecule has 1 aromatic carbocycles. The van der Waals surface area contributed by atoms with Crippen LogP contribution in [0.15, 0.2) is 12.1 Å². The third-order valence-corrected chi connectivity index (χ3v) is 8.99. The van der Waals surface area contributed by atoms with Gasteiger partial charge in [-0.15, -0.1) is 0 Å². The van der Waals surface area contributed by atoms with Gasteiger partial charge in [0, 0.05) is 49.0 Å². The second-order valence-electron chi connectivity index (χ2n) is 11.2. The Morgan fingerprint density at radius 1 is 1.18 bits per heavy atom. The lowest BCUT2D eigenvalue weighted by atomic mass is 9.95. The second kappa shape index (κ2) is 10.3. The minimum Gasteiger partial charge on any atom is -0.481 e. The molecule has 0 amide bonds. The molecule has 0 bridgehead atoms. The standard InChI is InChI=1S/C28H36ClFN4O4/c1-17-9-21(17)25-22(29)10-19(38-16-35-2)11-24(25)33-8-5-20-23(14-33)31-27(32-26(20)36-3)37-15-28-6-4-7-34(28)13-18(30)12-28/h10-11,17-18,21H,4-9,12-16H2,1-3H3/t17-,18+,21+,28-/m0/s1. The molecule has 10 heteroatoms. The van der Waals surface area contributed by atoms with Gasteiger partial charge in [-0.05, 0) is 55.7 Å². The van der Waals surface area contributed by atoms with Crippen molar-refractivity contribution in [3.05, 3.63) is 34.0 Å². The van der Waals surface area contributed by atoms with Gasteiger partial charge in [0.25, 0.3) is 0 Å². The van der Waals surface area contributed by atoms with Crippen molar-refractivity contribution in [1.82, 2.24) is 14.9 Å². The smallest absolute Gasteiger partial charge is 0.320 e. The SMILES string of the molecule is COCOc1cc(Cl)c([C@@H]2C[C@@H]2C)c(N2CCc3c(nc(OC[C@@]45CCCN4C[C@H](F)C5)nc3OC)C2)c1. The number of alkyl halides is 1. The monoisotopic (exact) mass is 546 g/mol. The highest BCUT2D eigenvalue weighted by Crippen LogP contribution is 2.54. The molecule has 1 saturated carbocycles. The van der Waals surface area contributed by atoms with Crippen LogP contribution in [0.2, 0.25) is 5.02 Å². The lowest BCUT2D eigenvalue weighted by Gasteiger charge is -2.33. The van der Waals surface area contributed by atoms with E-state index in [-0.39, 0.29) is 18.3 Å². The molecule has 3 aliphatic heterocycles. The Balaban J connectivity index is 1.27. The predicted octanol–water partition coefficient (Wildman–Crippen LogP) is 4.76. The Kier molecular flexibility index (Phi) is 7.03. The summed E-state index contributed by atoms with van der Waals surface area (Å²) in [6.45, 7) is 5.57. The summed E-state index contributed by atoms with van der Waals surface area (Å²) in [5, 5.41) is 0.723. The van der Waals surface area contributed by atoms with Crippen LogP contribution in [0.5, 0.6) is 17.6 Å². The van der Waals surface area contributed by atoms with Gasteiger partial charge in [-0.25, -0.2) is 4.39 Å². The van der Waals surface area contributed by atoms with E-state index in [1.807, 2.05) is 6.07 Å². The Labute approximate surface area is 228 Å². The highest BCUT2D eigenvalue weighted by Gasteiger charge is 2.49. The van der Waals surface area contributed by atoms with Gasteiger partial charge in [0.2, 0.25) is 5.88 Å². The van der Waals surface area contributed by atoms with Crippen LogP contribution in [0.25, 0.3) is 0 Å². The molecule has 4 aliphatic rings. The summed E-state index contributed by atoms with van der Waals surface area (Å²) >= 11 is 6.82. The zero-order valence-electron chi connectivity index (χ0n) is 22.3. The van der Waals surface area contributed by atoms with Crippen molar-refractivity contribution in [2.75, 3.05) is 52.2 Å². The summed E-state index contributed by atoms with van der Waals surface area (Å²) in [6, 6.07) is 4.24. The van der Waals surface area contributed by atoms with E-state index in [4.69, 9.17) is 35.5 Å². The van der Waals surface area contributed by atoms with Gasteiger partial charge in [-0.2, -0.15) is 9.97 Å². The van der Waals surface area contributed by atoms with Crippen molar-refractivity contribution in [2.45, 2.75) is 63.2 Å². The van der Waals surface area contributed by atoms with E-state index in [9.17, 15) is 4.39 Å². The number of rotatable bonds is 9. The largest absolute Gasteiger partial charge is 0.481 e. The Bertz CT molecular complexity index is 1200. The van der Waals surface area contributed by atoms with Crippen LogP contribution < -0.4 is 19.1 Å². The average molecular weight is 547 g/mol. The van der Waals surface area contributed by atoms with Crippen LogP contribution in [0.3, 0.4) is 0 Å². The van der Waals surface area contributed by atoms with Crippen molar-refractivity contribution < 1.29 is 23.3 Å². The molecule has 0 radical (unpaired) electrons. The van der Waals surface area contributed by atoms with E-state index in [1.54, 1.807) is 14.2 Å². The van der Waals surface area contributed by atoms with E-state index < -0.39 is 6.17 Å². The number of benzene rings is 1. The quantitative estimate of drug-likeness (QED) is 0.417. The molecule has 1 aromatic heterocycles. The molecular formula is C28H36ClFN4O4. The number of aromatic nitrogens is 2. The number of anilines is 1. The zero-order chi connectivity index (χ0) is 26.4. The van der Waals surface area contributed by atoms with Crippen LogP contribution in [-0.4, -0.2) is 73.8 Å². The van der Waals surface area contributed by atoms with Crippen LogP contribution >= 0.6 is 11.6 Å². The highest BCUT2D eigenvalue weighted by molar-refractivity contribution is 6.32. The Morgan fingerprint density at radius 3 is 2.79 bits per heavy atom. The van der Waals surface area contributed by atoms with Crippen molar-refractivity contribution in [1.29, 1.82) is 0 Å². The number of hydrogen-bond donors (Lipinski definition) is 0. The summed E-state index contributed by atoms with van der Waals surface area (Å²) < 4.78 is 36.9. The summed E-state index contributed by atoms with van der Waals surface area (Å²) in [6.07, 6.45) is 3.58. The van der Waals surface area contributed by atoms with E-state index >= 15 is 0 Å². The number of methoxy groups -OCH3 is 2. The molecule has 1 aliphatic carbocycles. The van der Waals surface area contributed by atoms with Gasteiger partial charge in [-0.3, -0.25) is 4.90 Å². The van der Waals surface area contributed by atoms with Crippen molar-refractivity contribution in [3.8, 4) is 17.6 Å². The van der Waals surface area contributed by atoms with E-state index in [2.05, 4.69) is 27.8 Å². The second-order valence-corrected chi connectivity index (χ2v) is 11.6. The molecule has 2 saturated heterocycles.